The minimum absolute atomic E-state index is 0.124. The molecule has 16 heavy (non-hydrogen) atoms. The van der Waals surface area contributed by atoms with Crippen molar-refractivity contribution in [2.45, 2.75) is 19.0 Å². The van der Waals surface area contributed by atoms with E-state index in [2.05, 4.69) is 5.32 Å². The average Bonchev–Trinajstić information content (AvgIpc) is 2.83. The summed E-state index contributed by atoms with van der Waals surface area (Å²) in [5, 5.41) is 3.21. The number of hydrogen-bond donors (Lipinski definition) is 2. The normalized spacial score (nSPS) is 22.2. The number of rotatable bonds is 4. The predicted molar refractivity (Wildman–Crippen MR) is 64.0 cm³/mol. The Morgan fingerprint density at radius 1 is 1.44 bits per heavy atom. The van der Waals surface area contributed by atoms with Crippen LogP contribution in [0.5, 0.6) is 0 Å². The monoisotopic (exact) mass is 222 g/mol. The highest BCUT2D eigenvalue weighted by molar-refractivity contribution is 5.30. The van der Waals surface area contributed by atoms with Crippen molar-refractivity contribution in [2.75, 3.05) is 19.6 Å². The zero-order valence-corrected chi connectivity index (χ0v) is 9.45. The van der Waals surface area contributed by atoms with Crippen molar-refractivity contribution in [3.05, 3.63) is 35.4 Å². The first-order chi connectivity index (χ1) is 7.83. The SMILES string of the molecule is NCCc1ccccc1C(F)C1CCNC1. The molecule has 1 aromatic rings. The van der Waals surface area contributed by atoms with Gasteiger partial charge in [0.05, 0.1) is 0 Å². The van der Waals surface area contributed by atoms with Crippen molar-refractivity contribution in [3.63, 3.8) is 0 Å². The van der Waals surface area contributed by atoms with Gasteiger partial charge in [0.15, 0.2) is 0 Å². The zero-order chi connectivity index (χ0) is 11.4. The molecule has 0 aliphatic carbocycles. The minimum Gasteiger partial charge on any atom is -0.330 e. The second-order valence-corrected chi connectivity index (χ2v) is 4.39. The molecule has 0 aromatic heterocycles. The van der Waals surface area contributed by atoms with Crippen LogP contribution in [0.4, 0.5) is 4.39 Å². The van der Waals surface area contributed by atoms with Crippen molar-refractivity contribution in [1.82, 2.24) is 5.32 Å². The van der Waals surface area contributed by atoms with Gasteiger partial charge in [0.1, 0.15) is 6.17 Å². The van der Waals surface area contributed by atoms with E-state index in [1.165, 1.54) is 0 Å². The summed E-state index contributed by atoms with van der Waals surface area (Å²) in [5.74, 6) is 0.124. The first-order valence-electron chi connectivity index (χ1n) is 5.95. The molecule has 3 N–H and O–H groups in total. The molecular weight excluding hydrogens is 203 g/mol. The van der Waals surface area contributed by atoms with Crippen LogP contribution in [0.3, 0.4) is 0 Å². The lowest BCUT2D eigenvalue weighted by molar-refractivity contribution is 0.245. The molecule has 1 fully saturated rings. The van der Waals surface area contributed by atoms with Crippen LogP contribution in [0.1, 0.15) is 23.7 Å². The van der Waals surface area contributed by atoms with Crippen LogP contribution < -0.4 is 11.1 Å². The molecule has 1 aliphatic heterocycles. The fourth-order valence-electron chi connectivity index (χ4n) is 2.37. The second-order valence-electron chi connectivity index (χ2n) is 4.39. The topological polar surface area (TPSA) is 38.0 Å². The van der Waals surface area contributed by atoms with E-state index < -0.39 is 6.17 Å². The Labute approximate surface area is 96.0 Å². The Bertz CT molecular complexity index is 334. The minimum atomic E-state index is -0.849. The van der Waals surface area contributed by atoms with E-state index in [-0.39, 0.29) is 5.92 Å². The molecule has 0 bridgehead atoms. The summed E-state index contributed by atoms with van der Waals surface area (Å²) in [6.45, 7) is 2.30. The summed E-state index contributed by atoms with van der Waals surface area (Å²) >= 11 is 0. The highest BCUT2D eigenvalue weighted by Gasteiger charge is 2.27. The van der Waals surface area contributed by atoms with Gasteiger partial charge in [-0.3, -0.25) is 0 Å². The number of nitrogens with two attached hydrogens (primary N) is 1. The average molecular weight is 222 g/mol. The second kappa shape index (κ2) is 5.41. The molecule has 0 radical (unpaired) electrons. The van der Waals surface area contributed by atoms with Gasteiger partial charge < -0.3 is 11.1 Å². The summed E-state index contributed by atoms with van der Waals surface area (Å²) in [4.78, 5) is 0. The molecular formula is C13H19FN2. The Kier molecular flexibility index (Phi) is 3.91. The lowest BCUT2D eigenvalue weighted by atomic mass is 9.92. The van der Waals surface area contributed by atoms with Crippen LogP contribution in [0.2, 0.25) is 0 Å². The number of nitrogens with one attached hydrogen (secondary N) is 1. The van der Waals surface area contributed by atoms with Crippen LogP contribution in [0.15, 0.2) is 24.3 Å². The van der Waals surface area contributed by atoms with E-state index in [9.17, 15) is 4.39 Å². The highest BCUT2D eigenvalue weighted by Crippen LogP contribution is 2.32. The summed E-state index contributed by atoms with van der Waals surface area (Å²) in [5.41, 5.74) is 7.44. The van der Waals surface area contributed by atoms with Gasteiger partial charge in [0, 0.05) is 12.5 Å². The van der Waals surface area contributed by atoms with Crippen LogP contribution in [-0.4, -0.2) is 19.6 Å². The molecule has 1 heterocycles. The summed E-state index contributed by atoms with van der Waals surface area (Å²) < 4.78 is 14.3. The third kappa shape index (κ3) is 2.42. The van der Waals surface area contributed by atoms with Crippen molar-refractivity contribution in [2.24, 2.45) is 11.7 Å². The van der Waals surface area contributed by atoms with Gasteiger partial charge in [0.2, 0.25) is 0 Å². The highest BCUT2D eigenvalue weighted by atomic mass is 19.1. The van der Waals surface area contributed by atoms with E-state index in [1.807, 2.05) is 24.3 Å². The fraction of sp³-hybridized carbons (Fsp3) is 0.538. The van der Waals surface area contributed by atoms with Gasteiger partial charge in [-0.25, -0.2) is 4.39 Å². The van der Waals surface area contributed by atoms with Gasteiger partial charge in [-0.1, -0.05) is 24.3 Å². The molecule has 2 rings (SSSR count). The quantitative estimate of drug-likeness (QED) is 0.815. The Morgan fingerprint density at radius 3 is 2.94 bits per heavy atom. The van der Waals surface area contributed by atoms with Gasteiger partial charge in [-0.2, -0.15) is 0 Å². The third-order valence-corrected chi connectivity index (χ3v) is 3.28. The maximum absolute atomic E-state index is 14.3. The van der Waals surface area contributed by atoms with Gasteiger partial charge in [-0.05, 0) is 37.1 Å². The van der Waals surface area contributed by atoms with E-state index >= 15 is 0 Å². The van der Waals surface area contributed by atoms with Crippen LogP contribution in [-0.2, 0) is 6.42 Å². The molecule has 1 aliphatic rings. The van der Waals surface area contributed by atoms with Crippen molar-refractivity contribution >= 4 is 0 Å². The summed E-state index contributed by atoms with van der Waals surface area (Å²) in [6, 6.07) is 7.74. The fourth-order valence-corrected chi connectivity index (χ4v) is 2.37. The molecule has 0 spiro atoms. The van der Waals surface area contributed by atoms with E-state index in [1.54, 1.807) is 0 Å². The summed E-state index contributed by atoms with van der Waals surface area (Å²) in [6.07, 6.45) is 0.840. The molecule has 2 atom stereocenters. The zero-order valence-electron chi connectivity index (χ0n) is 9.45. The van der Waals surface area contributed by atoms with E-state index in [0.717, 1.165) is 37.1 Å². The maximum Gasteiger partial charge on any atom is 0.129 e. The third-order valence-electron chi connectivity index (χ3n) is 3.28. The molecule has 1 saturated heterocycles. The molecule has 0 amide bonds. The first kappa shape index (κ1) is 11.6. The van der Waals surface area contributed by atoms with Crippen molar-refractivity contribution in [1.29, 1.82) is 0 Å². The van der Waals surface area contributed by atoms with Gasteiger partial charge in [-0.15, -0.1) is 0 Å². The van der Waals surface area contributed by atoms with E-state index in [0.29, 0.717) is 6.54 Å². The number of benzene rings is 1. The van der Waals surface area contributed by atoms with Crippen molar-refractivity contribution < 1.29 is 4.39 Å². The molecule has 2 unspecified atom stereocenters. The molecule has 88 valence electrons. The Morgan fingerprint density at radius 2 is 2.25 bits per heavy atom. The lowest BCUT2D eigenvalue weighted by Gasteiger charge is -2.18. The number of halogens is 1. The molecule has 3 heteroatoms. The standard InChI is InChI=1S/C13H19FN2/c14-13(11-6-8-16-9-11)12-4-2-1-3-10(12)5-7-15/h1-4,11,13,16H,5-9,15H2. The number of hydrogen-bond acceptors (Lipinski definition) is 2. The molecule has 2 nitrogen and oxygen atoms in total. The van der Waals surface area contributed by atoms with E-state index in [4.69, 9.17) is 5.73 Å². The molecule has 0 saturated carbocycles. The Balaban J connectivity index is 2.17. The maximum atomic E-state index is 14.3. The van der Waals surface area contributed by atoms with Crippen molar-refractivity contribution in [3.8, 4) is 0 Å². The largest absolute Gasteiger partial charge is 0.330 e. The van der Waals surface area contributed by atoms with Gasteiger partial charge in [0.25, 0.3) is 0 Å². The van der Waals surface area contributed by atoms with Crippen LogP contribution in [0.25, 0.3) is 0 Å². The predicted octanol–water partition coefficient (Wildman–Crippen LogP) is 1.81. The molecule has 1 aromatic carbocycles. The first-order valence-corrected chi connectivity index (χ1v) is 5.95. The lowest BCUT2D eigenvalue weighted by Crippen LogP contribution is -2.15. The number of alkyl halides is 1. The summed E-state index contributed by atoms with van der Waals surface area (Å²) in [7, 11) is 0. The van der Waals surface area contributed by atoms with Crippen LogP contribution in [0, 0.1) is 5.92 Å². The smallest absolute Gasteiger partial charge is 0.129 e. The Hall–Kier alpha value is -0.930. The van der Waals surface area contributed by atoms with Gasteiger partial charge >= 0.3 is 0 Å². The van der Waals surface area contributed by atoms with Crippen LogP contribution >= 0.6 is 0 Å².